The summed E-state index contributed by atoms with van der Waals surface area (Å²) >= 11 is 0. The van der Waals surface area contributed by atoms with Crippen LogP contribution >= 0.6 is 0 Å². The lowest BCUT2D eigenvalue weighted by atomic mass is 10.0. The van der Waals surface area contributed by atoms with E-state index in [1.165, 1.54) is 7.11 Å². The first-order valence-electron chi connectivity index (χ1n) is 16.8. The van der Waals surface area contributed by atoms with Gasteiger partial charge in [-0.2, -0.15) is 5.26 Å². The number of imidazole rings is 2. The Labute approximate surface area is 284 Å². The van der Waals surface area contributed by atoms with Crippen LogP contribution < -0.4 is 10.6 Å². The van der Waals surface area contributed by atoms with E-state index in [0.29, 0.717) is 23.6 Å². The maximum Gasteiger partial charge on any atom is 0.407 e. The highest BCUT2D eigenvalue weighted by molar-refractivity contribution is 5.91. The van der Waals surface area contributed by atoms with Gasteiger partial charge in [-0.05, 0) is 61.9 Å². The SMILES string of the molecule is COC(=O)N[C@H](C(=O)N1CCC[C@H]1c1ncc(-c2ccc(-c3cc(C#N)c4cc(-c5cnc([C@@H]6CCCN6)[nH]5)ccc4n3)cc2)[nH]1)C(C)C. The highest BCUT2D eigenvalue weighted by Crippen LogP contribution is 2.34. The molecule has 2 aliphatic heterocycles. The van der Waals surface area contributed by atoms with E-state index in [4.69, 9.17) is 9.72 Å². The van der Waals surface area contributed by atoms with Gasteiger partial charge in [0.25, 0.3) is 0 Å². The van der Waals surface area contributed by atoms with Crippen molar-refractivity contribution in [3.8, 4) is 39.8 Å². The van der Waals surface area contributed by atoms with Gasteiger partial charge < -0.3 is 30.2 Å². The summed E-state index contributed by atoms with van der Waals surface area (Å²) < 4.78 is 4.75. The third-order valence-electron chi connectivity index (χ3n) is 9.56. The van der Waals surface area contributed by atoms with Gasteiger partial charge in [0.2, 0.25) is 5.91 Å². The number of methoxy groups -OCH3 is 1. The molecular weight excluding hydrogens is 618 g/mol. The number of likely N-dealkylation sites (tertiary alicyclic amines) is 1. The standard InChI is InChI=1S/C37H39N9O3/c1-21(2)33(45-37(48)49-3)36(47)46-15-5-7-32(46)35-41-19-30(44-35)23-10-8-22(9-11-23)29-17-25(18-38)26-16-24(12-13-27(26)42-29)31-20-40-34(43-31)28-6-4-14-39-28/h8-13,16-17,19-21,28,32-33,39H,4-7,14-15H2,1-3H3,(H,40,43)(H,41,44)(H,45,48)/t28-,32-,33-/m0/s1. The first-order valence-corrected chi connectivity index (χ1v) is 16.8. The number of benzene rings is 2. The highest BCUT2D eigenvalue weighted by Gasteiger charge is 2.37. The Bertz CT molecular complexity index is 2040. The van der Waals surface area contributed by atoms with Gasteiger partial charge in [-0.15, -0.1) is 0 Å². The molecule has 12 heteroatoms. The number of ether oxygens (including phenoxy) is 1. The Hall–Kier alpha value is -5.54. The van der Waals surface area contributed by atoms with E-state index in [1.807, 2.05) is 68.6 Å². The second-order valence-electron chi connectivity index (χ2n) is 13.0. The number of aromatic amines is 2. The summed E-state index contributed by atoms with van der Waals surface area (Å²) in [6.45, 7) is 5.39. The van der Waals surface area contributed by atoms with Gasteiger partial charge in [-0.1, -0.05) is 44.2 Å². The number of nitrogens with one attached hydrogen (secondary N) is 4. The predicted octanol–water partition coefficient (Wildman–Crippen LogP) is 6.02. The highest BCUT2D eigenvalue weighted by atomic mass is 16.5. The van der Waals surface area contributed by atoms with Crippen molar-refractivity contribution in [3.63, 3.8) is 0 Å². The number of rotatable bonds is 8. The number of nitrogens with zero attached hydrogens (tertiary/aromatic N) is 5. The molecule has 5 heterocycles. The minimum Gasteiger partial charge on any atom is -0.453 e. The van der Waals surface area contributed by atoms with Crippen molar-refractivity contribution in [2.75, 3.05) is 20.2 Å². The van der Waals surface area contributed by atoms with Gasteiger partial charge in [0, 0.05) is 23.1 Å². The van der Waals surface area contributed by atoms with Crippen LogP contribution in [0.15, 0.2) is 60.9 Å². The number of nitriles is 1. The summed E-state index contributed by atoms with van der Waals surface area (Å²) in [6.07, 6.45) is 6.84. The number of pyridine rings is 1. The molecule has 0 saturated carbocycles. The largest absolute Gasteiger partial charge is 0.453 e. The van der Waals surface area contributed by atoms with E-state index < -0.39 is 12.1 Å². The third kappa shape index (κ3) is 6.37. The van der Waals surface area contributed by atoms with Gasteiger partial charge in [-0.3, -0.25) is 4.79 Å². The summed E-state index contributed by atoms with van der Waals surface area (Å²) in [5.74, 6) is 1.40. The molecule has 2 aromatic carbocycles. The molecule has 2 aliphatic rings. The van der Waals surface area contributed by atoms with Crippen molar-refractivity contribution in [2.24, 2.45) is 5.92 Å². The number of carbonyl (C=O) groups excluding carboxylic acids is 2. The van der Waals surface area contributed by atoms with E-state index in [2.05, 4.69) is 36.6 Å². The summed E-state index contributed by atoms with van der Waals surface area (Å²) in [5, 5.41) is 17.0. The minimum atomic E-state index is -0.689. The number of carbonyl (C=O) groups is 2. The maximum atomic E-state index is 13.5. The first kappa shape index (κ1) is 32.0. The summed E-state index contributed by atoms with van der Waals surface area (Å²) in [7, 11) is 1.29. The van der Waals surface area contributed by atoms with E-state index in [9.17, 15) is 14.9 Å². The average Bonchev–Trinajstić information content (AvgIpc) is 3.96. The number of hydrogen-bond donors (Lipinski definition) is 4. The molecule has 4 N–H and O–H groups in total. The second-order valence-corrected chi connectivity index (χ2v) is 13.0. The number of fused-ring (bicyclic) bond motifs is 1. The number of aromatic nitrogens is 5. The van der Waals surface area contributed by atoms with Crippen molar-refractivity contribution in [3.05, 3.63) is 78.1 Å². The van der Waals surface area contributed by atoms with Crippen LogP contribution in [0.4, 0.5) is 4.79 Å². The van der Waals surface area contributed by atoms with E-state index in [-0.39, 0.29) is 23.9 Å². The fourth-order valence-corrected chi connectivity index (χ4v) is 6.88. The molecule has 0 bridgehead atoms. The van der Waals surface area contributed by atoms with E-state index in [1.54, 1.807) is 11.1 Å². The van der Waals surface area contributed by atoms with Crippen molar-refractivity contribution in [2.45, 2.75) is 57.7 Å². The van der Waals surface area contributed by atoms with Crippen LogP contribution in [0.25, 0.3) is 44.7 Å². The van der Waals surface area contributed by atoms with Crippen LogP contribution in [0.3, 0.4) is 0 Å². The fraction of sp³-hybridized carbons (Fsp3) is 0.351. The van der Waals surface area contributed by atoms with Gasteiger partial charge in [0.15, 0.2) is 0 Å². The lowest BCUT2D eigenvalue weighted by Crippen LogP contribution is -2.51. The molecule has 0 aliphatic carbocycles. The van der Waals surface area contributed by atoms with Crippen molar-refractivity contribution < 1.29 is 14.3 Å². The van der Waals surface area contributed by atoms with Gasteiger partial charge in [0.1, 0.15) is 17.7 Å². The zero-order valence-corrected chi connectivity index (χ0v) is 27.8. The number of amides is 2. The van der Waals surface area contributed by atoms with E-state index >= 15 is 0 Å². The Morgan fingerprint density at radius 2 is 1.67 bits per heavy atom. The van der Waals surface area contributed by atoms with Gasteiger partial charge in [-0.25, -0.2) is 19.7 Å². The lowest BCUT2D eigenvalue weighted by molar-refractivity contribution is -0.135. The van der Waals surface area contributed by atoms with Gasteiger partial charge >= 0.3 is 6.09 Å². The van der Waals surface area contributed by atoms with Gasteiger partial charge in [0.05, 0.1) is 65.8 Å². The molecule has 2 fully saturated rings. The molecule has 3 atom stereocenters. The number of hydrogen-bond acceptors (Lipinski definition) is 8. The molecule has 0 radical (unpaired) electrons. The fourth-order valence-electron chi connectivity index (χ4n) is 6.88. The van der Waals surface area contributed by atoms with Crippen LogP contribution in [0.5, 0.6) is 0 Å². The summed E-state index contributed by atoms with van der Waals surface area (Å²) in [5.41, 5.74) is 6.54. The number of alkyl carbamates (subject to hydrolysis) is 1. The minimum absolute atomic E-state index is 0.105. The van der Waals surface area contributed by atoms with E-state index in [0.717, 1.165) is 77.0 Å². The normalized spacial score (nSPS) is 18.1. The molecule has 0 unspecified atom stereocenters. The van der Waals surface area contributed by atoms with Crippen LogP contribution in [-0.2, 0) is 9.53 Å². The summed E-state index contributed by atoms with van der Waals surface area (Å²) in [6, 6.07) is 17.5. The van der Waals surface area contributed by atoms with Crippen molar-refractivity contribution >= 4 is 22.9 Å². The molecule has 250 valence electrons. The third-order valence-corrected chi connectivity index (χ3v) is 9.56. The molecular formula is C37H39N9O3. The number of H-pyrrole nitrogens is 2. The molecule has 3 aromatic heterocycles. The average molecular weight is 658 g/mol. The Morgan fingerprint density at radius 1 is 0.959 bits per heavy atom. The van der Waals surface area contributed by atoms with Crippen LogP contribution in [-0.4, -0.2) is 68.1 Å². The van der Waals surface area contributed by atoms with Crippen molar-refractivity contribution in [1.29, 1.82) is 5.26 Å². The first-order chi connectivity index (χ1) is 23.8. The monoisotopic (exact) mass is 657 g/mol. The second kappa shape index (κ2) is 13.5. The zero-order valence-electron chi connectivity index (χ0n) is 27.8. The topological polar surface area (TPSA) is 165 Å². The predicted molar refractivity (Wildman–Crippen MR) is 185 cm³/mol. The summed E-state index contributed by atoms with van der Waals surface area (Å²) in [4.78, 5) is 48.3. The molecule has 5 aromatic rings. The Balaban J connectivity index is 1.09. The van der Waals surface area contributed by atoms with Crippen molar-refractivity contribution in [1.82, 2.24) is 40.5 Å². The molecule has 49 heavy (non-hydrogen) atoms. The maximum absolute atomic E-state index is 13.5. The van der Waals surface area contributed by atoms with Crippen LogP contribution in [0.2, 0.25) is 0 Å². The smallest absolute Gasteiger partial charge is 0.407 e. The van der Waals surface area contributed by atoms with Crippen LogP contribution in [0.1, 0.15) is 68.8 Å². The molecule has 2 amide bonds. The van der Waals surface area contributed by atoms with Crippen LogP contribution in [0, 0.1) is 17.2 Å². The molecule has 7 rings (SSSR count). The molecule has 12 nitrogen and oxygen atoms in total. The Kier molecular flexibility index (Phi) is 8.84. The molecule has 0 spiro atoms. The zero-order chi connectivity index (χ0) is 34.1. The quantitative estimate of drug-likeness (QED) is 0.157. The Morgan fingerprint density at radius 3 is 2.39 bits per heavy atom. The molecule has 2 saturated heterocycles. The lowest BCUT2D eigenvalue weighted by Gasteiger charge is -2.30.